The Labute approximate surface area is 163 Å². The van der Waals surface area contributed by atoms with Crippen molar-refractivity contribution in [3.05, 3.63) is 60.1 Å². The standard InChI is InChI=1S/C18H22N2O2.C2H2O4/c21-18(17-9-5-15-22-17)20-13-11-19(12-14-20)10-4-8-16-6-2-1-3-7-16;3-1(4)2(5)6/h1-3,5-7,9,15H,4,8,10-14H2;(H,3,4)(H,5,6). The van der Waals surface area contributed by atoms with Gasteiger partial charge in [0, 0.05) is 26.2 Å². The van der Waals surface area contributed by atoms with Crippen molar-refractivity contribution in [3.8, 4) is 0 Å². The highest BCUT2D eigenvalue weighted by Gasteiger charge is 2.23. The number of carbonyl (C=O) groups excluding carboxylic acids is 1. The summed E-state index contributed by atoms with van der Waals surface area (Å²) < 4.78 is 5.18. The van der Waals surface area contributed by atoms with Gasteiger partial charge in [0.1, 0.15) is 0 Å². The second-order valence-electron chi connectivity index (χ2n) is 6.31. The number of furan rings is 1. The lowest BCUT2D eigenvalue weighted by Gasteiger charge is -2.34. The lowest BCUT2D eigenvalue weighted by atomic mass is 10.1. The van der Waals surface area contributed by atoms with Gasteiger partial charge < -0.3 is 19.5 Å². The van der Waals surface area contributed by atoms with Gasteiger partial charge in [-0.15, -0.1) is 0 Å². The normalized spacial score (nSPS) is 14.1. The van der Waals surface area contributed by atoms with Crippen molar-refractivity contribution >= 4 is 17.8 Å². The summed E-state index contributed by atoms with van der Waals surface area (Å²) in [7, 11) is 0. The number of amides is 1. The number of aryl methyl sites for hydroxylation is 1. The predicted octanol–water partition coefficient (Wildman–Crippen LogP) is 1.83. The number of carboxylic acids is 2. The third-order valence-electron chi connectivity index (χ3n) is 4.36. The van der Waals surface area contributed by atoms with E-state index in [0.29, 0.717) is 5.76 Å². The zero-order valence-corrected chi connectivity index (χ0v) is 15.5. The number of hydrogen-bond acceptors (Lipinski definition) is 5. The van der Waals surface area contributed by atoms with Crippen molar-refractivity contribution in [3.63, 3.8) is 0 Å². The van der Waals surface area contributed by atoms with Gasteiger partial charge in [-0.05, 0) is 37.1 Å². The average Bonchev–Trinajstić information content (AvgIpc) is 3.24. The summed E-state index contributed by atoms with van der Waals surface area (Å²) in [6, 6.07) is 14.1. The molecule has 1 aromatic carbocycles. The molecule has 0 saturated carbocycles. The van der Waals surface area contributed by atoms with E-state index in [1.54, 1.807) is 18.4 Å². The van der Waals surface area contributed by atoms with Crippen LogP contribution in [0.4, 0.5) is 0 Å². The first-order valence-electron chi connectivity index (χ1n) is 9.02. The van der Waals surface area contributed by atoms with Crippen molar-refractivity contribution in [1.82, 2.24) is 9.80 Å². The van der Waals surface area contributed by atoms with E-state index in [0.717, 1.165) is 45.6 Å². The van der Waals surface area contributed by atoms with Gasteiger partial charge in [0.15, 0.2) is 5.76 Å². The fraction of sp³-hybridized carbons (Fsp3) is 0.350. The Bertz CT molecular complexity index is 740. The molecule has 2 aromatic rings. The van der Waals surface area contributed by atoms with Crippen LogP contribution in [0.2, 0.25) is 0 Å². The summed E-state index contributed by atoms with van der Waals surface area (Å²) in [4.78, 5) is 34.7. The maximum atomic E-state index is 12.2. The van der Waals surface area contributed by atoms with E-state index in [9.17, 15) is 4.79 Å². The molecule has 150 valence electrons. The fourth-order valence-corrected chi connectivity index (χ4v) is 2.88. The Morgan fingerprint density at radius 1 is 0.893 bits per heavy atom. The second-order valence-corrected chi connectivity index (χ2v) is 6.31. The molecule has 1 aliphatic rings. The number of aliphatic carboxylic acids is 2. The van der Waals surface area contributed by atoms with E-state index >= 15 is 0 Å². The first-order chi connectivity index (χ1) is 13.5. The molecular weight excluding hydrogens is 364 g/mol. The minimum atomic E-state index is -1.82. The minimum absolute atomic E-state index is 0.00827. The molecule has 2 heterocycles. The Morgan fingerprint density at radius 2 is 1.54 bits per heavy atom. The Morgan fingerprint density at radius 3 is 2.07 bits per heavy atom. The topological polar surface area (TPSA) is 111 Å². The minimum Gasteiger partial charge on any atom is -0.473 e. The molecule has 0 unspecified atom stereocenters. The summed E-state index contributed by atoms with van der Waals surface area (Å²) in [6.07, 6.45) is 3.83. The van der Waals surface area contributed by atoms with Crippen molar-refractivity contribution < 1.29 is 29.0 Å². The van der Waals surface area contributed by atoms with Crippen molar-refractivity contribution in [2.24, 2.45) is 0 Å². The van der Waals surface area contributed by atoms with Crippen LogP contribution in [0.25, 0.3) is 0 Å². The highest BCUT2D eigenvalue weighted by molar-refractivity contribution is 6.27. The number of benzene rings is 1. The molecule has 1 aliphatic heterocycles. The maximum Gasteiger partial charge on any atom is 0.414 e. The maximum absolute atomic E-state index is 12.2. The molecule has 1 aromatic heterocycles. The molecule has 28 heavy (non-hydrogen) atoms. The zero-order valence-electron chi connectivity index (χ0n) is 15.5. The van der Waals surface area contributed by atoms with E-state index in [4.69, 9.17) is 24.2 Å². The predicted molar refractivity (Wildman–Crippen MR) is 101 cm³/mol. The number of carbonyl (C=O) groups is 3. The summed E-state index contributed by atoms with van der Waals surface area (Å²) in [5, 5.41) is 14.8. The zero-order chi connectivity index (χ0) is 20.4. The van der Waals surface area contributed by atoms with Gasteiger partial charge >= 0.3 is 11.9 Å². The molecule has 1 fully saturated rings. The first-order valence-corrected chi connectivity index (χ1v) is 9.02. The van der Waals surface area contributed by atoms with Crippen LogP contribution < -0.4 is 0 Å². The average molecular weight is 388 g/mol. The van der Waals surface area contributed by atoms with E-state index in [1.807, 2.05) is 4.90 Å². The highest BCUT2D eigenvalue weighted by Crippen LogP contribution is 2.10. The van der Waals surface area contributed by atoms with Gasteiger partial charge in [-0.25, -0.2) is 9.59 Å². The van der Waals surface area contributed by atoms with Crippen molar-refractivity contribution in [2.75, 3.05) is 32.7 Å². The fourth-order valence-electron chi connectivity index (χ4n) is 2.88. The monoisotopic (exact) mass is 388 g/mol. The van der Waals surface area contributed by atoms with Gasteiger partial charge in [-0.1, -0.05) is 30.3 Å². The van der Waals surface area contributed by atoms with Crippen LogP contribution in [0.15, 0.2) is 53.1 Å². The van der Waals surface area contributed by atoms with Gasteiger partial charge in [-0.3, -0.25) is 9.69 Å². The third kappa shape index (κ3) is 6.88. The molecule has 8 heteroatoms. The molecular formula is C20H24N2O6. The Hall–Kier alpha value is -3.13. The van der Waals surface area contributed by atoms with Crippen LogP contribution in [-0.4, -0.2) is 70.6 Å². The van der Waals surface area contributed by atoms with Crippen LogP contribution in [-0.2, 0) is 16.0 Å². The second kappa shape index (κ2) is 10.9. The SMILES string of the molecule is O=C(O)C(=O)O.O=C(c1ccco1)N1CCN(CCCc2ccccc2)CC1. The van der Waals surface area contributed by atoms with Crippen molar-refractivity contribution in [1.29, 1.82) is 0 Å². The smallest absolute Gasteiger partial charge is 0.414 e. The number of piperazine rings is 1. The number of hydrogen-bond donors (Lipinski definition) is 2. The largest absolute Gasteiger partial charge is 0.473 e. The van der Waals surface area contributed by atoms with Crippen LogP contribution in [0, 0.1) is 0 Å². The molecule has 0 atom stereocenters. The highest BCUT2D eigenvalue weighted by atomic mass is 16.4. The Balaban J connectivity index is 0.000000409. The molecule has 2 N–H and O–H groups in total. The summed E-state index contributed by atoms with van der Waals surface area (Å²) in [6.45, 7) is 4.55. The van der Waals surface area contributed by atoms with Gasteiger partial charge in [0.05, 0.1) is 6.26 Å². The molecule has 0 bridgehead atoms. The van der Waals surface area contributed by atoms with Crippen LogP contribution in [0.1, 0.15) is 22.5 Å². The van der Waals surface area contributed by atoms with E-state index in [-0.39, 0.29) is 5.91 Å². The molecule has 8 nitrogen and oxygen atoms in total. The summed E-state index contributed by atoms with van der Waals surface area (Å²) >= 11 is 0. The van der Waals surface area contributed by atoms with Crippen LogP contribution in [0.5, 0.6) is 0 Å². The molecule has 0 aliphatic carbocycles. The Kier molecular flexibility index (Phi) is 8.23. The summed E-state index contributed by atoms with van der Waals surface area (Å²) in [5.41, 5.74) is 1.40. The third-order valence-corrected chi connectivity index (χ3v) is 4.36. The van der Waals surface area contributed by atoms with E-state index < -0.39 is 11.9 Å². The van der Waals surface area contributed by atoms with Crippen LogP contribution >= 0.6 is 0 Å². The van der Waals surface area contributed by atoms with E-state index in [2.05, 4.69) is 35.2 Å². The van der Waals surface area contributed by atoms with Crippen molar-refractivity contribution in [2.45, 2.75) is 12.8 Å². The quantitative estimate of drug-likeness (QED) is 0.752. The number of rotatable bonds is 5. The summed E-state index contributed by atoms with van der Waals surface area (Å²) in [5.74, 6) is -3.20. The van der Waals surface area contributed by atoms with E-state index in [1.165, 1.54) is 5.56 Å². The molecule has 1 amide bonds. The van der Waals surface area contributed by atoms with Gasteiger partial charge in [0.2, 0.25) is 0 Å². The number of nitrogens with zero attached hydrogens (tertiary/aromatic N) is 2. The number of carboxylic acid groups (broad SMARTS) is 2. The molecule has 1 saturated heterocycles. The van der Waals surface area contributed by atoms with Gasteiger partial charge in [-0.2, -0.15) is 0 Å². The lowest BCUT2D eigenvalue weighted by Crippen LogP contribution is -2.48. The first kappa shape index (κ1) is 21.2. The van der Waals surface area contributed by atoms with Crippen LogP contribution in [0.3, 0.4) is 0 Å². The lowest BCUT2D eigenvalue weighted by molar-refractivity contribution is -0.159. The molecule has 0 radical (unpaired) electrons. The molecule has 3 rings (SSSR count). The van der Waals surface area contributed by atoms with Gasteiger partial charge in [0.25, 0.3) is 5.91 Å². The molecule has 0 spiro atoms.